The van der Waals surface area contributed by atoms with Crippen LogP contribution in [0.4, 0.5) is 0 Å². The lowest BCUT2D eigenvalue weighted by Gasteiger charge is -2.27. The summed E-state index contributed by atoms with van der Waals surface area (Å²) in [6, 6.07) is 8.54. The Hall–Kier alpha value is -1.40. The van der Waals surface area contributed by atoms with E-state index in [1.807, 2.05) is 19.9 Å². The van der Waals surface area contributed by atoms with Crippen LogP contribution in [0.25, 0.3) is 0 Å². The van der Waals surface area contributed by atoms with Crippen LogP contribution in [0, 0.1) is 6.92 Å². The molecule has 4 nitrogen and oxygen atoms in total. The summed E-state index contributed by atoms with van der Waals surface area (Å²) in [5.74, 6) is 0.0690. The Morgan fingerprint density at radius 2 is 2.23 bits per heavy atom. The van der Waals surface area contributed by atoms with E-state index in [2.05, 4.69) is 33.7 Å². The lowest BCUT2D eigenvalue weighted by atomic mass is 9.88. The summed E-state index contributed by atoms with van der Waals surface area (Å²) < 4.78 is 0.851. The van der Waals surface area contributed by atoms with E-state index in [0.717, 1.165) is 28.6 Å². The third-order valence-corrected chi connectivity index (χ3v) is 5.86. The van der Waals surface area contributed by atoms with Gasteiger partial charge in [0.25, 0.3) is 0 Å². The van der Waals surface area contributed by atoms with Gasteiger partial charge < -0.3 is 5.32 Å². The lowest BCUT2D eigenvalue weighted by molar-refractivity contribution is -0.121. The minimum Gasteiger partial charge on any atom is -0.348 e. The van der Waals surface area contributed by atoms with Crippen LogP contribution in [0.3, 0.4) is 0 Å². The van der Waals surface area contributed by atoms with Crippen LogP contribution in [0.1, 0.15) is 41.9 Å². The van der Waals surface area contributed by atoms with Crippen LogP contribution in [-0.4, -0.2) is 21.4 Å². The number of amides is 1. The summed E-state index contributed by atoms with van der Waals surface area (Å²) in [5.41, 5.74) is 2.63. The van der Waals surface area contributed by atoms with Gasteiger partial charge in [-0.2, -0.15) is 0 Å². The highest BCUT2D eigenvalue weighted by molar-refractivity contribution is 8.02. The van der Waals surface area contributed by atoms with Gasteiger partial charge >= 0.3 is 0 Å². The highest BCUT2D eigenvalue weighted by Gasteiger charge is 2.24. The number of benzene rings is 1. The van der Waals surface area contributed by atoms with Gasteiger partial charge in [-0.15, -0.1) is 10.2 Å². The normalized spacial score (nSPS) is 18.5. The molecule has 0 spiro atoms. The molecule has 0 aliphatic heterocycles. The number of aryl methyl sites for hydroxylation is 2. The van der Waals surface area contributed by atoms with Gasteiger partial charge in [-0.3, -0.25) is 4.79 Å². The number of nitrogens with zero attached hydrogens (tertiary/aromatic N) is 2. The van der Waals surface area contributed by atoms with Gasteiger partial charge in [0, 0.05) is 0 Å². The van der Waals surface area contributed by atoms with Gasteiger partial charge in [0.2, 0.25) is 5.91 Å². The highest BCUT2D eigenvalue weighted by atomic mass is 32.2. The summed E-state index contributed by atoms with van der Waals surface area (Å²) >= 11 is 3.00. The Labute approximate surface area is 138 Å². The van der Waals surface area contributed by atoms with E-state index < -0.39 is 0 Å². The molecule has 1 aliphatic carbocycles. The molecule has 1 amide bonds. The van der Waals surface area contributed by atoms with Gasteiger partial charge in [0.05, 0.1) is 11.3 Å². The maximum absolute atomic E-state index is 12.5. The number of carbonyl (C=O) groups is 1. The number of nitrogens with one attached hydrogen (secondary N) is 1. The van der Waals surface area contributed by atoms with E-state index in [4.69, 9.17) is 0 Å². The number of carbonyl (C=O) groups excluding carboxylic acids is 1. The van der Waals surface area contributed by atoms with Crippen molar-refractivity contribution in [3.8, 4) is 0 Å². The molecule has 0 saturated carbocycles. The van der Waals surface area contributed by atoms with Crippen LogP contribution < -0.4 is 5.32 Å². The third-order valence-electron chi connectivity index (χ3n) is 3.84. The summed E-state index contributed by atoms with van der Waals surface area (Å²) in [5, 5.41) is 12.0. The van der Waals surface area contributed by atoms with E-state index in [-0.39, 0.29) is 17.2 Å². The van der Waals surface area contributed by atoms with Crippen molar-refractivity contribution < 1.29 is 4.79 Å². The largest absolute Gasteiger partial charge is 0.348 e. The number of aromatic nitrogens is 2. The third kappa shape index (κ3) is 3.50. The zero-order valence-corrected chi connectivity index (χ0v) is 14.3. The Morgan fingerprint density at radius 1 is 1.41 bits per heavy atom. The van der Waals surface area contributed by atoms with E-state index in [1.54, 1.807) is 0 Å². The van der Waals surface area contributed by atoms with E-state index in [9.17, 15) is 4.79 Å². The van der Waals surface area contributed by atoms with Crippen molar-refractivity contribution >= 4 is 29.0 Å². The van der Waals surface area contributed by atoms with Gasteiger partial charge in [0.15, 0.2) is 4.34 Å². The molecule has 1 aliphatic rings. The minimum absolute atomic E-state index is 0.0690. The van der Waals surface area contributed by atoms with Crippen molar-refractivity contribution in [2.75, 3.05) is 0 Å². The monoisotopic (exact) mass is 333 g/mol. The van der Waals surface area contributed by atoms with Crippen LogP contribution in [0.15, 0.2) is 28.6 Å². The van der Waals surface area contributed by atoms with E-state index in [0.29, 0.717) is 0 Å². The zero-order chi connectivity index (χ0) is 15.5. The first-order valence-electron chi connectivity index (χ1n) is 7.48. The van der Waals surface area contributed by atoms with Crippen molar-refractivity contribution in [1.82, 2.24) is 15.5 Å². The Kier molecular flexibility index (Phi) is 4.78. The summed E-state index contributed by atoms with van der Waals surface area (Å²) in [6.07, 6.45) is 3.24. The Bertz CT molecular complexity index is 671. The molecule has 1 aromatic carbocycles. The van der Waals surface area contributed by atoms with E-state index >= 15 is 0 Å². The molecule has 0 fully saturated rings. The average Bonchev–Trinajstić information content (AvgIpc) is 2.92. The minimum atomic E-state index is -0.165. The fraction of sp³-hybridized carbons (Fsp3) is 0.438. The van der Waals surface area contributed by atoms with Crippen LogP contribution >= 0.6 is 23.1 Å². The molecule has 1 heterocycles. The van der Waals surface area contributed by atoms with E-state index in [1.165, 1.54) is 34.2 Å². The second-order valence-electron chi connectivity index (χ2n) is 5.50. The predicted octanol–water partition coefficient (Wildman–Crippen LogP) is 3.52. The fourth-order valence-corrected chi connectivity index (χ4v) is 4.69. The average molecular weight is 333 g/mol. The molecule has 0 unspecified atom stereocenters. The zero-order valence-electron chi connectivity index (χ0n) is 12.7. The Morgan fingerprint density at radius 3 is 3.00 bits per heavy atom. The number of hydrogen-bond donors (Lipinski definition) is 1. The van der Waals surface area contributed by atoms with Crippen molar-refractivity contribution in [2.24, 2.45) is 0 Å². The molecular formula is C16H19N3OS2. The molecular weight excluding hydrogens is 314 g/mol. The number of fused-ring (bicyclic) bond motifs is 1. The highest BCUT2D eigenvalue weighted by Crippen LogP contribution is 2.31. The first-order valence-corrected chi connectivity index (χ1v) is 9.18. The van der Waals surface area contributed by atoms with Gasteiger partial charge in [-0.1, -0.05) is 47.4 Å². The standard InChI is InChI=1S/C16H19N3OS2/c1-10(21-16-19-18-11(2)22-16)15(20)17-14-9-5-7-12-6-3-4-8-13(12)14/h3-4,6,8,10,14H,5,7,9H2,1-2H3,(H,17,20)/t10-,14-/m1/s1. The fourth-order valence-electron chi connectivity index (χ4n) is 2.72. The maximum Gasteiger partial charge on any atom is 0.233 e. The van der Waals surface area contributed by atoms with Gasteiger partial charge in [0.1, 0.15) is 5.01 Å². The molecule has 0 radical (unpaired) electrons. The summed E-state index contributed by atoms with van der Waals surface area (Å²) in [4.78, 5) is 12.5. The Balaban J connectivity index is 1.64. The molecule has 0 saturated heterocycles. The second-order valence-corrected chi connectivity index (χ2v) is 8.27. The molecule has 1 aromatic heterocycles. The molecule has 0 bridgehead atoms. The van der Waals surface area contributed by atoms with Gasteiger partial charge in [-0.25, -0.2) is 0 Å². The van der Waals surface area contributed by atoms with Crippen LogP contribution in [0.2, 0.25) is 0 Å². The molecule has 2 atom stereocenters. The molecule has 6 heteroatoms. The topological polar surface area (TPSA) is 54.9 Å². The molecule has 3 rings (SSSR count). The lowest BCUT2D eigenvalue weighted by Crippen LogP contribution is -2.35. The van der Waals surface area contributed by atoms with Crippen molar-refractivity contribution in [1.29, 1.82) is 0 Å². The van der Waals surface area contributed by atoms with Crippen molar-refractivity contribution in [3.05, 3.63) is 40.4 Å². The van der Waals surface area contributed by atoms with Crippen molar-refractivity contribution in [3.63, 3.8) is 0 Å². The first kappa shape index (κ1) is 15.5. The summed E-state index contributed by atoms with van der Waals surface area (Å²) in [7, 11) is 0. The number of thioether (sulfide) groups is 1. The molecule has 116 valence electrons. The quantitative estimate of drug-likeness (QED) is 0.870. The number of hydrogen-bond acceptors (Lipinski definition) is 5. The second kappa shape index (κ2) is 6.79. The molecule has 22 heavy (non-hydrogen) atoms. The number of rotatable bonds is 4. The summed E-state index contributed by atoms with van der Waals surface area (Å²) in [6.45, 7) is 3.84. The maximum atomic E-state index is 12.5. The molecule has 1 N–H and O–H groups in total. The predicted molar refractivity (Wildman–Crippen MR) is 90.2 cm³/mol. The van der Waals surface area contributed by atoms with Crippen molar-refractivity contribution in [2.45, 2.75) is 48.7 Å². The smallest absolute Gasteiger partial charge is 0.233 e. The first-order chi connectivity index (χ1) is 10.6. The molecule has 2 aromatic rings. The SMILES string of the molecule is Cc1nnc(S[C@H](C)C(=O)N[C@@H]2CCCc3ccccc32)s1. The van der Waals surface area contributed by atoms with Crippen LogP contribution in [0.5, 0.6) is 0 Å². The van der Waals surface area contributed by atoms with Gasteiger partial charge in [-0.05, 0) is 44.2 Å². The van der Waals surface area contributed by atoms with Crippen LogP contribution in [-0.2, 0) is 11.2 Å².